The molecule has 0 aliphatic rings. The second-order valence-electron chi connectivity index (χ2n) is 6.59. The van der Waals surface area contributed by atoms with E-state index in [1.165, 1.54) is 5.52 Å². The van der Waals surface area contributed by atoms with Gasteiger partial charge < -0.3 is 14.8 Å². The molecule has 1 aromatic heterocycles. The van der Waals surface area contributed by atoms with Crippen LogP contribution < -0.4 is 5.32 Å². The van der Waals surface area contributed by atoms with Gasteiger partial charge in [0.05, 0.1) is 11.0 Å². The summed E-state index contributed by atoms with van der Waals surface area (Å²) < 4.78 is 2.28. The molecule has 0 atom stereocenters. The van der Waals surface area contributed by atoms with Crippen molar-refractivity contribution >= 4 is 16.9 Å². The Morgan fingerprint density at radius 3 is 2.75 bits per heavy atom. The van der Waals surface area contributed by atoms with Gasteiger partial charge in [-0.15, -0.1) is 0 Å². The molecule has 1 aromatic carbocycles. The third kappa shape index (κ3) is 5.20. The molecule has 0 bridgehead atoms. The summed E-state index contributed by atoms with van der Waals surface area (Å²) in [6.07, 6.45) is 3.43. The quantitative estimate of drug-likeness (QED) is 0.758. The van der Waals surface area contributed by atoms with Gasteiger partial charge in [0.25, 0.3) is 0 Å². The van der Waals surface area contributed by atoms with Crippen LogP contribution in [0, 0.1) is 0 Å². The first kappa shape index (κ1) is 18.2. The predicted octanol–water partition coefficient (Wildman–Crippen LogP) is 2.61. The van der Waals surface area contributed by atoms with E-state index in [0.717, 1.165) is 42.8 Å². The van der Waals surface area contributed by atoms with Crippen molar-refractivity contribution in [2.24, 2.45) is 0 Å². The number of rotatable bonds is 8. The average Bonchev–Trinajstić information content (AvgIpc) is 2.84. The molecule has 2 rings (SSSR count). The highest BCUT2D eigenvalue weighted by atomic mass is 16.1. The fraction of sp³-hybridized carbons (Fsp3) is 0.474. The molecule has 1 N–H and O–H groups in total. The van der Waals surface area contributed by atoms with E-state index in [1.54, 1.807) is 6.08 Å². The lowest BCUT2D eigenvalue weighted by Crippen LogP contribution is -2.25. The monoisotopic (exact) mass is 328 g/mol. The van der Waals surface area contributed by atoms with Crippen molar-refractivity contribution in [1.82, 2.24) is 19.8 Å². The van der Waals surface area contributed by atoms with Gasteiger partial charge in [-0.1, -0.05) is 17.7 Å². The molecule has 0 fully saturated rings. The van der Waals surface area contributed by atoms with E-state index in [9.17, 15) is 4.79 Å². The van der Waals surface area contributed by atoms with Gasteiger partial charge in [-0.3, -0.25) is 4.79 Å². The zero-order valence-corrected chi connectivity index (χ0v) is 15.2. The van der Waals surface area contributed by atoms with Crippen molar-refractivity contribution in [2.75, 3.05) is 27.2 Å². The van der Waals surface area contributed by atoms with Crippen LogP contribution in [0.5, 0.6) is 0 Å². The minimum absolute atomic E-state index is 0.0368. The van der Waals surface area contributed by atoms with Gasteiger partial charge in [0.1, 0.15) is 5.82 Å². The van der Waals surface area contributed by atoms with Crippen LogP contribution in [0.1, 0.15) is 26.1 Å². The Hall–Kier alpha value is -2.14. The van der Waals surface area contributed by atoms with Gasteiger partial charge >= 0.3 is 0 Å². The highest BCUT2D eigenvalue weighted by Crippen LogP contribution is 2.17. The van der Waals surface area contributed by atoms with Crippen molar-refractivity contribution < 1.29 is 4.79 Å². The number of hydrogen-bond donors (Lipinski definition) is 1. The smallest absolute Gasteiger partial charge is 0.243 e. The number of aryl methyl sites for hydroxylation is 1. The number of allylic oxidation sites excluding steroid dienone is 1. The summed E-state index contributed by atoms with van der Waals surface area (Å²) in [5.41, 5.74) is 3.19. The van der Waals surface area contributed by atoms with Crippen LogP contribution in [-0.2, 0) is 17.8 Å². The fourth-order valence-corrected chi connectivity index (χ4v) is 2.72. The summed E-state index contributed by atoms with van der Waals surface area (Å²) in [6.45, 7) is 6.42. The maximum atomic E-state index is 11.7. The van der Waals surface area contributed by atoms with E-state index in [4.69, 9.17) is 4.98 Å². The van der Waals surface area contributed by atoms with Crippen molar-refractivity contribution in [3.8, 4) is 0 Å². The van der Waals surface area contributed by atoms with Crippen LogP contribution in [0.3, 0.4) is 0 Å². The normalized spacial score (nSPS) is 11.0. The molecule has 130 valence electrons. The molecule has 24 heavy (non-hydrogen) atoms. The summed E-state index contributed by atoms with van der Waals surface area (Å²) >= 11 is 0. The molecule has 1 amide bonds. The first-order valence-corrected chi connectivity index (χ1v) is 8.49. The first-order chi connectivity index (χ1) is 11.5. The molecule has 1 heterocycles. The van der Waals surface area contributed by atoms with Crippen LogP contribution in [0.4, 0.5) is 0 Å². The van der Waals surface area contributed by atoms with Crippen LogP contribution in [0.25, 0.3) is 11.0 Å². The number of amides is 1. The molecule has 0 radical (unpaired) electrons. The van der Waals surface area contributed by atoms with Crippen molar-refractivity contribution in [3.05, 3.63) is 41.7 Å². The average molecular weight is 328 g/mol. The molecule has 0 aliphatic heterocycles. The van der Waals surface area contributed by atoms with E-state index in [0.29, 0.717) is 6.54 Å². The third-order valence-electron chi connectivity index (χ3n) is 3.79. The zero-order chi connectivity index (χ0) is 17.5. The van der Waals surface area contributed by atoms with E-state index in [1.807, 2.05) is 32.0 Å². The first-order valence-electron chi connectivity index (χ1n) is 8.49. The number of benzene rings is 1. The highest BCUT2D eigenvalue weighted by molar-refractivity contribution is 5.88. The molecule has 2 aromatic rings. The van der Waals surface area contributed by atoms with Crippen LogP contribution in [0.15, 0.2) is 35.9 Å². The molecule has 5 nitrogen and oxygen atoms in total. The van der Waals surface area contributed by atoms with Crippen LogP contribution >= 0.6 is 0 Å². The molecule has 0 unspecified atom stereocenters. The number of nitrogens with one attached hydrogen (secondary N) is 1. The lowest BCUT2D eigenvalue weighted by atomic mass is 10.3. The van der Waals surface area contributed by atoms with Gasteiger partial charge in [0.15, 0.2) is 0 Å². The zero-order valence-electron chi connectivity index (χ0n) is 15.2. The van der Waals surface area contributed by atoms with Crippen molar-refractivity contribution in [2.45, 2.75) is 33.2 Å². The number of aromatic nitrogens is 2. The number of imidazole rings is 1. The molecular formula is C19H28N4O. The fourth-order valence-electron chi connectivity index (χ4n) is 2.72. The van der Waals surface area contributed by atoms with E-state index in [-0.39, 0.29) is 5.91 Å². The van der Waals surface area contributed by atoms with Crippen molar-refractivity contribution in [3.63, 3.8) is 0 Å². The second-order valence-corrected chi connectivity index (χ2v) is 6.59. The third-order valence-corrected chi connectivity index (χ3v) is 3.79. The molecule has 5 heteroatoms. The molecule has 0 saturated heterocycles. The van der Waals surface area contributed by atoms with Gasteiger partial charge in [0.2, 0.25) is 5.91 Å². The number of carbonyl (C=O) groups excluding carboxylic acids is 1. The van der Waals surface area contributed by atoms with E-state index in [2.05, 4.69) is 34.9 Å². The number of fused-ring (bicyclic) bond motifs is 1. The van der Waals surface area contributed by atoms with Gasteiger partial charge in [-0.2, -0.15) is 0 Å². The number of nitrogens with zero attached hydrogens (tertiary/aromatic N) is 3. The van der Waals surface area contributed by atoms with Gasteiger partial charge in [-0.25, -0.2) is 4.98 Å². The summed E-state index contributed by atoms with van der Waals surface area (Å²) in [7, 11) is 4.18. The number of hydrogen-bond acceptors (Lipinski definition) is 3. The second kappa shape index (κ2) is 8.64. The van der Waals surface area contributed by atoms with Crippen molar-refractivity contribution in [1.29, 1.82) is 0 Å². The molecule has 0 aliphatic carbocycles. The number of carbonyl (C=O) groups is 1. The van der Waals surface area contributed by atoms with Crippen LogP contribution in [-0.4, -0.2) is 47.5 Å². The van der Waals surface area contributed by atoms with E-state index < -0.39 is 0 Å². The maximum Gasteiger partial charge on any atom is 0.243 e. The Bertz CT molecular complexity index is 711. The highest BCUT2D eigenvalue weighted by Gasteiger charge is 2.10. The molecule has 0 saturated carbocycles. The Labute approximate surface area is 144 Å². The summed E-state index contributed by atoms with van der Waals surface area (Å²) in [5.74, 6) is 0.998. The molecule has 0 spiro atoms. The van der Waals surface area contributed by atoms with Gasteiger partial charge in [0, 0.05) is 25.6 Å². The Morgan fingerprint density at radius 2 is 2.04 bits per heavy atom. The minimum atomic E-state index is -0.0368. The Kier molecular flexibility index (Phi) is 6.55. The topological polar surface area (TPSA) is 50.2 Å². The maximum absolute atomic E-state index is 11.7. The molecular weight excluding hydrogens is 300 g/mol. The Morgan fingerprint density at radius 1 is 1.29 bits per heavy atom. The lowest BCUT2D eigenvalue weighted by Gasteiger charge is -2.12. The largest absolute Gasteiger partial charge is 0.352 e. The SMILES string of the molecule is CC(C)=CC(=O)NCCc1nc2ccccc2n1CCCN(C)C. The minimum Gasteiger partial charge on any atom is -0.352 e. The van der Waals surface area contributed by atoms with E-state index >= 15 is 0 Å². The summed E-state index contributed by atoms with van der Waals surface area (Å²) in [6, 6.07) is 8.22. The predicted molar refractivity (Wildman–Crippen MR) is 99.0 cm³/mol. The standard InChI is InChI=1S/C19H28N4O/c1-15(2)14-19(24)20-11-10-18-21-16-8-5-6-9-17(16)23(18)13-7-12-22(3)4/h5-6,8-9,14H,7,10-13H2,1-4H3,(H,20,24). The summed E-state index contributed by atoms with van der Waals surface area (Å²) in [5, 5.41) is 2.93. The summed E-state index contributed by atoms with van der Waals surface area (Å²) in [4.78, 5) is 18.7. The Balaban J connectivity index is 2.07. The van der Waals surface area contributed by atoms with Crippen LogP contribution in [0.2, 0.25) is 0 Å². The number of para-hydroxylation sites is 2. The lowest BCUT2D eigenvalue weighted by molar-refractivity contribution is -0.116. The van der Waals surface area contributed by atoms with Gasteiger partial charge in [-0.05, 0) is 53.0 Å².